The quantitative estimate of drug-likeness (QED) is 0.654. The molecule has 0 bridgehead atoms. The van der Waals surface area contributed by atoms with E-state index in [4.69, 9.17) is 4.74 Å². The monoisotopic (exact) mass is 454 g/mol. The van der Waals surface area contributed by atoms with Crippen LogP contribution in [-0.2, 0) is 24.7 Å². The molecular weight excluding hydrogens is 428 g/mol. The van der Waals surface area contributed by atoms with Crippen molar-refractivity contribution < 1.29 is 26.4 Å². The van der Waals surface area contributed by atoms with Gasteiger partial charge in [-0.1, -0.05) is 12.1 Å². The predicted molar refractivity (Wildman–Crippen MR) is 116 cm³/mol. The molecule has 1 amide bonds. The van der Waals surface area contributed by atoms with Crippen molar-refractivity contribution in [1.29, 1.82) is 0 Å². The maximum atomic E-state index is 12.8. The van der Waals surface area contributed by atoms with Gasteiger partial charge in [-0.25, -0.2) is 16.8 Å². The molecular formula is C20H26N2O6S2. The topological polar surface area (TPSA) is 110 Å². The molecule has 30 heavy (non-hydrogen) atoms. The Bertz CT molecular complexity index is 1090. The highest BCUT2D eigenvalue weighted by Gasteiger charge is 2.30. The first-order valence-corrected chi connectivity index (χ1v) is 12.8. The fourth-order valence-corrected chi connectivity index (χ4v) is 4.76. The molecule has 0 spiro atoms. The van der Waals surface area contributed by atoms with Gasteiger partial charge in [0, 0.05) is 6.26 Å². The number of ether oxygens (including phenoxy) is 1. The lowest BCUT2D eigenvalue weighted by molar-refractivity contribution is -0.122. The number of hydrogen-bond acceptors (Lipinski definition) is 6. The molecule has 2 aromatic rings. The van der Waals surface area contributed by atoms with Gasteiger partial charge >= 0.3 is 0 Å². The number of anilines is 1. The molecule has 8 nitrogen and oxygen atoms in total. The van der Waals surface area contributed by atoms with Crippen molar-refractivity contribution in [2.75, 3.05) is 23.9 Å². The zero-order valence-corrected chi connectivity index (χ0v) is 19.1. The van der Waals surface area contributed by atoms with E-state index in [1.54, 1.807) is 43.3 Å². The Morgan fingerprint density at radius 2 is 1.47 bits per heavy atom. The van der Waals surface area contributed by atoms with Crippen molar-refractivity contribution in [1.82, 2.24) is 5.32 Å². The molecule has 0 heterocycles. The fraction of sp³-hybridized carbons (Fsp3) is 0.350. The van der Waals surface area contributed by atoms with Crippen molar-refractivity contribution in [3.63, 3.8) is 0 Å². The van der Waals surface area contributed by atoms with E-state index < -0.39 is 37.9 Å². The Hall–Kier alpha value is -2.59. The van der Waals surface area contributed by atoms with Crippen molar-refractivity contribution in [3.8, 4) is 5.75 Å². The number of benzene rings is 2. The maximum Gasteiger partial charge on any atom is 0.244 e. The molecule has 10 heteroatoms. The SMILES string of the molecule is COc1ccc(N(C(C)C(=O)NC(C)c2ccc(S(C)(=O)=O)cc2)S(C)(=O)=O)cc1. The standard InChI is InChI=1S/C20H26N2O6S2/c1-14(16-6-12-19(13-7-16)29(4,24)25)21-20(23)15(2)22(30(5,26)27)17-8-10-18(28-3)11-9-17/h6-15H,1-5H3,(H,21,23). The molecule has 0 aliphatic carbocycles. The summed E-state index contributed by atoms with van der Waals surface area (Å²) in [6.07, 6.45) is 2.15. The molecule has 0 saturated heterocycles. The number of sulfone groups is 1. The number of nitrogens with zero attached hydrogens (tertiary/aromatic N) is 1. The van der Waals surface area contributed by atoms with E-state index >= 15 is 0 Å². The van der Waals surface area contributed by atoms with Crippen LogP contribution in [0.1, 0.15) is 25.5 Å². The summed E-state index contributed by atoms with van der Waals surface area (Å²) < 4.78 is 54.1. The third-order valence-electron chi connectivity index (χ3n) is 4.58. The second-order valence-corrected chi connectivity index (χ2v) is 10.9. The summed E-state index contributed by atoms with van der Waals surface area (Å²) in [5, 5.41) is 2.78. The average Bonchev–Trinajstić information content (AvgIpc) is 2.66. The van der Waals surface area contributed by atoms with Gasteiger partial charge in [0.2, 0.25) is 15.9 Å². The second kappa shape index (κ2) is 9.05. The number of carbonyl (C=O) groups is 1. The van der Waals surface area contributed by atoms with Gasteiger partial charge in [0.15, 0.2) is 9.84 Å². The molecule has 0 fully saturated rings. The molecule has 2 atom stereocenters. The molecule has 1 N–H and O–H groups in total. The van der Waals surface area contributed by atoms with Crippen LogP contribution in [0, 0.1) is 0 Å². The number of hydrogen-bond donors (Lipinski definition) is 1. The van der Waals surface area contributed by atoms with Gasteiger partial charge in [-0.15, -0.1) is 0 Å². The van der Waals surface area contributed by atoms with Crippen LogP contribution in [0.3, 0.4) is 0 Å². The van der Waals surface area contributed by atoms with E-state index in [9.17, 15) is 21.6 Å². The Kier molecular flexibility index (Phi) is 7.14. The van der Waals surface area contributed by atoms with Crippen molar-refractivity contribution in [3.05, 3.63) is 54.1 Å². The molecule has 0 saturated carbocycles. The summed E-state index contributed by atoms with van der Waals surface area (Å²) in [6.45, 7) is 3.23. The first-order chi connectivity index (χ1) is 13.8. The van der Waals surface area contributed by atoms with Crippen LogP contribution in [0.15, 0.2) is 53.4 Å². The minimum absolute atomic E-state index is 0.181. The Balaban J connectivity index is 2.22. The van der Waals surface area contributed by atoms with Gasteiger partial charge in [-0.05, 0) is 55.8 Å². The number of amides is 1. The van der Waals surface area contributed by atoms with Crippen LogP contribution in [0.2, 0.25) is 0 Å². The van der Waals surface area contributed by atoms with Crippen LogP contribution in [0.25, 0.3) is 0 Å². The number of methoxy groups -OCH3 is 1. The molecule has 0 radical (unpaired) electrons. The van der Waals surface area contributed by atoms with Gasteiger partial charge in [0.25, 0.3) is 0 Å². The normalized spacial score (nSPS) is 13.9. The molecule has 0 aliphatic heterocycles. The van der Waals surface area contributed by atoms with E-state index in [1.807, 2.05) is 0 Å². The maximum absolute atomic E-state index is 12.8. The van der Waals surface area contributed by atoms with E-state index in [0.717, 1.165) is 16.8 Å². The fourth-order valence-electron chi connectivity index (χ4n) is 2.96. The van der Waals surface area contributed by atoms with Crippen LogP contribution in [0.4, 0.5) is 5.69 Å². The summed E-state index contributed by atoms with van der Waals surface area (Å²) in [5.74, 6) is 0.0754. The Morgan fingerprint density at radius 1 is 0.933 bits per heavy atom. The van der Waals surface area contributed by atoms with Crippen LogP contribution < -0.4 is 14.4 Å². The number of rotatable bonds is 8. The molecule has 2 unspecified atom stereocenters. The number of sulfonamides is 1. The minimum atomic E-state index is -3.74. The lowest BCUT2D eigenvalue weighted by Gasteiger charge is -2.29. The highest BCUT2D eigenvalue weighted by molar-refractivity contribution is 7.92. The van der Waals surface area contributed by atoms with Crippen molar-refractivity contribution in [2.45, 2.75) is 30.8 Å². The van der Waals surface area contributed by atoms with E-state index in [0.29, 0.717) is 17.0 Å². The van der Waals surface area contributed by atoms with Crippen LogP contribution >= 0.6 is 0 Å². The van der Waals surface area contributed by atoms with E-state index in [-0.39, 0.29) is 4.90 Å². The van der Waals surface area contributed by atoms with Crippen LogP contribution in [-0.4, -0.2) is 48.4 Å². The van der Waals surface area contributed by atoms with E-state index in [2.05, 4.69) is 5.32 Å². The largest absolute Gasteiger partial charge is 0.497 e. The average molecular weight is 455 g/mol. The third kappa shape index (κ3) is 5.73. The first-order valence-electron chi connectivity index (χ1n) is 9.08. The molecule has 2 rings (SSSR count). The third-order valence-corrected chi connectivity index (χ3v) is 6.95. The number of carbonyl (C=O) groups excluding carboxylic acids is 1. The zero-order valence-electron chi connectivity index (χ0n) is 17.5. The second-order valence-electron chi connectivity index (χ2n) is 7.00. The number of nitrogens with one attached hydrogen (secondary N) is 1. The van der Waals surface area contributed by atoms with Gasteiger partial charge in [0.05, 0.1) is 30.0 Å². The highest BCUT2D eigenvalue weighted by Crippen LogP contribution is 2.24. The lowest BCUT2D eigenvalue weighted by Crippen LogP contribution is -2.48. The van der Waals surface area contributed by atoms with Gasteiger partial charge in [0.1, 0.15) is 11.8 Å². The van der Waals surface area contributed by atoms with Crippen molar-refractivity contribution in [2.24, 2.45) is 0 Å². The minimum Gasteiger partial charge on any atom is -0.497 e. The molecule has 164 valence electrons. The van der Waals surface area contributed by atoms with Crippen LogP contribution in [0.5, 0.6) is 5.75 Å². The summed E-state index contributed by atoms with van der Waals surface area (Å²) in [4.78, 5) is 13.0. The van der Waals surface area contributed by atoms with Gasteiger partial charge < -0.3 is 10.1 Å². The predicted octanol–water partition coefficient (Wildman–Crippen LogP) is 2.13. The van der Waals surface area contributed by atoms with E-state index in [1.165, 1.54) is 26.2 Å². The lowest BCUT2D eigenvalue weighted by atomic mass is 10.1. The highest BCUT2D eigenvalue weighted by atomic mass is 32.2. The molecule has 0 aliphatic rings. The Labute approximate surface area is 177 Å². The summed E-state index contributed by atoms with van der Waals surface area (Å²) in [6, 6.07) is 11.1. The smallest absolute Gasteiger partial charge is 0.244 e. The molecule has 2 aromatic carbocycles. The summed E-state index contributed by atoms with van der Waals surface area (Å²) >= 11 is 0. The summed E-state index contributed by atoms with van der Waals surface area (Å²) in [7, 11) is -5.55. The van der Waals surface area contributed by atoms with Gasteiger partial charge in [-0.2, -0.15) is 0 Å². The molecule has 0 aromatic heterocycles. The van der Waals surface area contributed by atoms with Crippen molar-refractivity contribution >= 4 is 31.5 Å². The van der Waals surface area contributed by atoms with Gasteiger partial charge in [-0.3, -0.25) is 9.10 Å². The zero-order chi connectivity index (χ0) is 22.7. The summed E-state index contributed by atoms with van der Waals surface area (Å²) in [5.41, 5.74) is 1.03. The first kappa shape index (κ1) is 23.7. The Morgan fingerprint density at radius 3 is 1.90 bits per heavy atom.